The maximum Gasteiger partial charge on any atom is 0.266 e. The quantitative estimate of drug-likeness (QED) is 0.224. The SMILES string of the molecule is Cl.O=C(COc1ccc2ccccc2c1)N(CCCn1ccnc1)c1nc2ccc(Br)cc2s1. The van der Waals surface area contributed by atoms with Crippen molar-refractivity contribution in [2.75, 3.05) is 18.1 Å². The van der Waals surface area contributed by atoms with Crippen LogP contribution in [0.2, 0.25) is 0 Å². The number of halogens is 2. The molecule has 1 amide bonds. The summed E-state index contributed by atoms with van der Waals surface area (Å²) >= 11 is 5.02. The molecule has 2 heterocycles. The van der Waals surface area contributed by atoms with E-state index in [2.05, 4.69) is 27.0 Å². The van der Waals surface area contributed by atoms with Gasteiger partial charge in [-0.1, -0.05) is 57.6 Å². The van der Waals surface area contributed by atoms with Gasteiger partial charge in [-0.15, -0.1) is 12.4 Å². The molecule has 34 heavy (non-hydrogen) atoms. The Hall–Kier alpha value is -2.94. The molecule has 0 aliphatic heterocycles. The highest BCUT2D eigenvalue weighted by atomic mass is 79.9. The topological polar surface area (TPSA) is 60.2 Å². The van der Waals surface area contributed by atoms with E-state index in [4.69, 9.17) is 9.72 Å². The number of anilines is 1. The molecule has 5 aromatic rings. The highest BCUT2D eigenvalue weighted by Crippen LogP contribution is 2.31. The summed E-state index contributed by atoms with van der Waals surface area (Å²) in [5, 5.41) is 2.90. The van der Waals surface area contributed by atoms with Gasteiger partial charge in [0, 0.05) is 30.0 Å². The second-order valence-electron chi connectivity index (χ2n) is 7.61. The lowest BCUT2D eigenvalue weighted by Crippen LogP contribution is -2.36. The lowest BCUT2D eigenvalue weighted by Gasteiger charge is -2.20. The van der Waals surface area contributed by atoms with Crippen molar-refractivity contribution >= 4 is 71.7 Å². The van der Waals surface area contributed by atoms with E-state index in [1.807, 2.05) is 65.4 Å². The molecule has 0 aliphatic rings. The number of hydrogen-bond donors (Lipinski definition) is 0. The van der Waals surface area contributed by atoms with E-state index < -0.39 is 0 Å². The summed E-state index contributed by atoms with van der Waals surface area (Å²) < 4.78 is 9.91. The van der Waals surface area contributed by atoms with Gasteiger partial charge in [0.15, 0.2) is 11.7 Å². The number of nitrogens with zero attached hydrogens (tertiary/aromatic N) is 4. The van der Waals surface area contributed by atoms with Crippen molar-refractivity contribution in [3.8, 4) is 5.75 Å². The molecule has 174 valence electrons. The van der Waals surface area contributed by atoms with Gasteiger partial charge in [-0.05, 0) is 47.5 Å². The summed E-state index contributed by atoms with van der Waals surface area (Å²) in [7, 11) is 0. The zero-order chi connectivity index (χ0) is 22.6. The van der Waals surface area contributed by atoms with Crippen molar-refractivity contribution in [2.24, 2.45) is 0 Å². The van der Waals surface area contributed by atoms with Gasteiger partial charge in [0.25, 0.3) is 5.91 Å². The highest BCUT2D eigenvalue weighted by molar-refractivity contribution is 9.10. The van der Waals surface area contributed by atoms with Crippen LogP contribution in [0.5, 0.6) is 5.75 Å². The standard InChI is InChI=1S/C25H21BrN4O2S.ClH/c26-20-7-9-22-23(15-20)33-25(28-22)30(12-3-11-29-13-10-27-17-29)24(31)16-32-21-8-6-18-4-1-2-5-19(18)14-21;/h1-2,4-10,13-15,17H,3,11-12,16H2;1H. The van der Waals surface area contributed by atoms with E-state index in [0.29, 0.717) is 17.4 Å². The Bertz CT molecular complexity index is 1410. The zero-order valence-electron chi connectivity index (χ0n) is 18.1. The number of carbonyl (C=O) groups is 1. The van der Waals surface area contributed by atoms with Crippen LogP contribution >= 0.6 is 39.7 Å². The molecule has 3 aromatic carbocycles. The van der Waals surface area contributed by atoms with E-state index in [1.165, 1.54) is 11.3 Å². The van der Waals surface area contributed by atoms with Crippen LogP contribution in [0.15, 0.2) is 83.9 Å². The molecular formula is C25H22BrClN4O2S. The van der Waals surface area contributed by atoms with Crippen LogP contribution < -0.4 is 9.64 Å². The first-order valence-electron chi connectivity index (χ1n) is 10.6. The predicted molar refractivity (Wildman–Crippen MR) is 143 cm³/mol. The minimum Gasteiger partial charge on any atom is -0.484 e. The molecule has 0 saturated heterocycles. The van der Waals surface area contributed by atoms with E-state index in [-0.39, 0.29) is 24.9 Å². The second-order valence-corrected chi connectivity index (χ2v) is 9.53. The molecule has 0 bridgehead atoms. The largest absolute Gasteiger partial charge is 0.484 e. The fourth-order valence-electron chi connectivity index (χ4n) is 3.64. The van der Waals surface area contributed by atoms with E-state index in [0.717, 1.165) is 38.4 Å². The van der Waals surface area contributed by atoms with Gasteiger partial charge >= 0.3 is 0 Å². The predicted octanol–water partition coefficient (Wildman–Crippen LogP) is 6.33. The third-order valence-corrected chi connectivity index (χ3v) is 6.85. The molecular weight excluding hydrogens is 536 g/mol. The number of amides is 1. The number of hydrogen-bond acceptors (Lipinski definition) is 5. The molecule has 0 saturated carbocycles. The third kappa shape index (κ3) is 5.58. The zero-order valence-corrected chi connectivity index (χ0v) is 21.4. The van der Waals surface area contributed by atoms with Gasteiger partial charge in [-0.3, -0.25) is 9.69 Å². The van der Waals surface area contributed by atoms with E-state index in [1.54, 1.807) is 17.4 Å². The number of thiazole rings is 1. The van der Waals surface area contributed by atoms with Crippen molar-refractivity contribution in [3.63, 3.8) is 0 Å². The van der Waals surface area contributed by atoms with Crippen LogP contribution in [0.3, 0.4) is 0 Å². The number of aryl methyl sites for hydroxylation is 1. The Morgan fingerprint density at radius 2 is 1.94 bits per heavy atom. The number of ether oxygens (including phenoxy) is 1. The van der Waals surface area contributed by atoms with Gasteiger partial charge in [0.2, 0.25) is 0 Å². The fraction of sp³-hybridized carbons (Fsp3) is 0.160. The van der Waals surface area contributed by atoms with Crippen LogP contribution in [-0.2, 0) is 11.3 Å². The Kier molecular flexibility index (Phi) is 7.82. The first kappa shape index (κ1) is 24.2. The summed E-state index contributed by atoms with van der Waals surface area (Å²) in [5.41, 5.74) is 0.876. The average Bonchev–Trinajstić information content (AvgIpc) is 3.49. The Morgan fingerprint density at radius 1 is 1.09 bits per heavy atom. The minimum atomic E-state index is -0.119. The summed E-state index contributed by atoms with van der Waals surface area (Å²) in [5.74, 6) is 0.556. The monoisotopic (exact) mass is 556 g/mol. The molecule has 5 rings (SSSR count). The molecule has 0 aliphatic carbocycles. The van der Waals surface area contributed by atoms with Crippen LogP contribution in [0.4, 0.5) is 5.13 Å². The van der Waals surface area contributed by atoms with Crippen LogP contribution in [-0.4, -0.2) is 33.6 Å². The number of fused-ring (bicyclic) bond motifs is 2. The first-order chi connectivity index (χ1) is 16.2. The number of benzene rings is 3. The molecule has 9 heteroatoms. The third-order valence-electron chi connectivity index (χ3n) is 5.31. The normalized spacial score (nSPS) is 10.9. The Balaban J connectivity index is 0.00000274. The number of rotatable bonds is 8. The molecule has 6 nitrogen and oxygen atoms in total. The van der Waals surface area contributed by atoms with Crippen molar-refractivity contribution < 1.29 is 9.53 Å². The van der Waals surface area contributed by atoms with Gasteiger partial charge < -0.3 is 9.30 Å². The van der Waals surface area contributed by atoms with Crippen molar-refractivity contribution in [1.29, 1.82) is 0 Å². The number of imidazole rings is 1. The molecule has 0 radical (unpaired) electrons. The van der Waals surface area contributed by atoms with E-state index in [9.17, 15) is 4.79 Å². The second kappa shape index (κ2) is 11.0. The molecule has 0 unspecified atom stereocenters. The van der Waals surface area contributed by atoms with Crippen LogP contribution in [0.25, 0.3) is 21.0 Å². The van der Waals surface area contributed by atoms with Gasteiger partial charge in [-0.2, -0.15) is 0 Å². The smallest absolute Gasteiger partial charge is 0.266 e. The van der Waals surface area contributed by atoms with Crippen molar-refractivity contribution in [1.82, 2.24) is 14.5 Å². The van der Waals surface area contributed by atoms with Gasteiger partial charge in [0.1, 0.15) is 5.75 Å². The Labute approximate surface area is 215 Å². The first-order valence-corrected chi connectivity index (χ1v) is 12.2. The number of carbonyl (C=O) groups excluding carboxylic acids is 1. The lowest BCUT2D eigenvalue weighted by molar-refractivity contribution is -0.120. The Morgan fingerprint density at radius 3 is 2.76 bits per heavy atom. The maximum atomic E-state index is 13.3. The summed E-state index contributed by atoms with van der Waals surface area (Å²) in [6.07, 6.45) is 6.23. The fourth-order valence-corrected chi connectivity index (χ4v) is 5.20. The summed E-state index contributed by atoms with van der Waals surface area (Å²) in [6, 6.07) is 19.9. The number of aromatic nitrogens is 3. The summed E-state index contributed by atoms with van der Waals surface area (Å²) in [6.45, 7) is 1.26. The minimum absolute atomic E-state index is 0. The maximum absolute atomic E-state index is 13.3. The molecule has 0 fully saturated rings. The molecule has 2 aromatic heterocycles. The molecule has 0 spiro atoms. The average molecular weight is 558 g/mol. The van der Waals surface area contributed by atoms with Crippen LogP contribution in [0, 0.1) is 0 Å². The van der Waals surface area contributed by atoms with Gasteiger partial charge in [0.05, 0.1) is 16.5 Å². The summed E-state index contributed by atoms with van der Waals surface area (Å²) in [4.78, 5) is 23.8. The van der Waals surface area contributed by atoms with Gasteiger partial charge in [-0.25, -0.2) is 9.97 Å². The highest BCUT2D eigenvalue weighted by Gasteiger charge is 2.20. The van der Waals surface area contributed by atoms with Crippen molar-refractivity contribution in [3.05, 3.63) is 83.9 Å². The lowest BCUT2D eigenvalue weighted by atomic mass is 10.1. The van der Waals surface area contributed by atoms with Crippen molar-refractivity contribution in [2.45, 2.75) is 13.0 Å². The van der Waals surface area contributed by atoms with Crippen LogP contribution in [0.1, 0.15) is 6.42 Å². The molecule has 0 atom stereocenters. The molecule has 0 N–H and O–H groups in total. The van der Waals surface area contributed by atoms with E-state index >= 15 is 0 Å².